The highest BCUT2D eigenvalue weighted by Crippen LogP contribution is 2.32. The third-order valence-corrected chi connectivity index (χ3v) is 6.99. The summed E-state index contributed by atoms with van der Waals surface area (Å²) in [5, 5.41) is 6.02. The van der Waals surface area contributed by atoms with E-state index in [1.807, 2.05) is 12.1 Å². The molecular weight excluding hydrogens is 368 g/mol. The summed E-state index contributed by atoms with van der Waals surface area (Å²) in [5.74, 6) is -0.674. The van der Waals surface area contributed by atoms with Crippen molar-refractivity contribution in [2.45, 2.75) is 69.7 Å². The van der Waals surface area contributed by atoms with Crippen LogP contribution < -0.4 is 10.6 Å². The Morgan fingerprint density at radius 3 is 2.76 bits per heavy atom. The largest absolute Gasteiger partial charge is 0.322 e. The summed E-state index contributed by atoms with van der Waals surface area (Å²) in [4.78, 5) is 41.2. The molecule has 29 heavy (non-hydrogen) atoms. The second-order valence-corrected chi connectivity index (χ2v) is 8.73. The number of imide groups is 1. The minimum absolute atomic E-state index is 0.0696. The van der Waals surface area contributed by atoms with Crippen LogP contribution in [-0.2, 0) is 22.7 Å². The fourth-order valence-electron chi connectivity index (χ4n) is 5.58. The summed E-state index contributed by atoms with van der Waals surface area (Å²) in [5.41, 5.74) is 2.82. The summed E-state index contributed by atoms with van der Waals surface area (Å²) < 4.78 is 0. The van der Waals surface area contributed by atoms with Crippen LogP contribution in [0.3, 0.4) is 0 Å². The van der Waals surface area contributed by atoms with Crippen LogP contribution in [0.2, 0.25) is 0 Å². The van der Waals surface area contributed by atoms with Gasteiger partial charge in [-0.1, -0.05) is 18.2 Å². The molecule has 0 radical (unpaired) electrons. The average Bonchev–Trinajstić information content (AvgIpc) is 3.43. The lowest BCUT2D eigenvalue weighted by atomic mass is 10.0. The van der Waals surface area contributed by atoms with E-state index < -0.39 is 6.04 Å². The van der Waals surface area contributed by atoms with Crippen LogP contribution in [-0.4, -0.2) is 58.7 Å². The third-order valence-electron chi connectivity index (χ3n) is 6.99. The summed E-state index contributed by atoms with van der Waals surface area (Å²) in [7, 11) is 0. The molecular formula is C22H28N4O3. The highest BCUT2D eigenvalue weighted by atomic mass is 16.2. The number of rotatable bonds is 4. The molecule has 0 aliphatic carbocycles. The molecule has 4 heterocycles. The van der Waals surface area contributed by atoms with Gasteiger partial charge in [0.05, 0.1) is 0 Å². The lowest BCUT2D eigenvalue weighted by Crippen LogP contribution is -2.52. The van der Waals surface area contributed by atoms with E-state index in [1.54, 1.807) is 4.90 Å². The van der Waals surface area contributed by atoms with Gasteiger partial charge >= 0.3 is 0 Å². The molecule has 3 atom stereocenters. The molecule has 5 rings (SSSR count). The quantitative estimate of drug-likeness (QED) is 0.747. The van der Waals surface area contributed by atoms with Crippen molar-refractivity contribution in [1.29, 1.82) is 0 Å². The van der Waals surface area contributed by atoms with Crippen LogP contribution in [0, 0.1) is 0 Å². The number of piperidine rings is 1. The van der Waals surface area contributed by atoms with Gasteiger partial charge in [0.1, 0.15) is 6.04 Å². The SMILES string of the molecule is O=C1CCC(N2Cc3cccc(CN4CCCC4C4CCCN4)c3C2=O)C(=O)N1. The number of likely N-dealkylation sites (tertiary alicyclic amines) is 1. The van der Waals surface area contributed by atoms with Gasteiger partial charge in [-0.2, -0.15) is 0 Å². The molecule has 1 aromatic carbocycles. The van der Waals surface area contributed by atoms with E-state index in [1.165, 1.54) is 25.7 Å². The van der Waals surface area contributed by atoms with Crippen molar-refractivity contribution in [2.75, 3.05) is 13.1 Å². The summed E-state index contributed by atoms with van der Waals surface area (Å²) in [6, 6.07) is 6.61. The van der Waals surface area contributed by atoms with E-state index in [2.05, 4.69) is 21.6 Å². The van der Waals surface area contributed by atoms with Crippen LogP contribution in [0.1, 0.15) is 60.0 Å². The normalized spacial score (nSPS) is 30.1. The first-order valence-electron chi connectivity index (χ1n) is 10.8. The number of benzene rings is 1. The standard InChI is InChI=1S/C22H28N4O3/c27-19-9-8-18(21(28)24-19)26-13-15-5-1-4-14(20(15)22(26)29)12-25-11-3-7-17(25)16-6-2-10-23-16/h1,4-5,16-18,23H,2-3,6-13H2,(H,24,27,28). The van der Waals surface area contributed by atoms with E-state index in [9.17, 15) is 14.4 Å². The molecule has 154 valence electrons. The lowest BCUT2D eigenvalue weighted by Gasteiger charge is -2.30. The Bertz CT molecular complexity index is 848. The predicted octanol–water partition coefficient (Wildman–Crippen LogP) is 1.16. The van der Waals surface area contributed by atoms with Crippen molar-refractivity contribution in [3.05, 3.63) is 34.9 Å². The molecule has 0 spiro atoms. The van der Waals surface area contributed by atoms with Crippen molar-refractivity contribution in [1.82, 2.24) is 20.4 Å². The lowest BCUT2D eigenvalue weighted by molar-refractivity contribution is -0.136. The Hall–Kier alpha value is -2.25. The van der Waals surface area contributed by atoms with Crippen LogP contribution in [0.4, 0.5) is 0 Å². The second kappa shape index (κ2) is 7.54. The van der Waals surface area contributed by atoms with Gasteiger partial charge < -0.3 is 10.2 Å². The zero-order chi connectivity index (χ0) is 20.0. The number of hydrogen-bond acceptors (Lipinski definition) is 5. The van der Waals surface area contributed by atoms with E-state index >= 15 is 0 Å². The molecule has 1 aromatic rings. The minimum Gasteiger partial charge on any atom is -0.322 e. The van der Waals surface area contributed by atoms with Crippen LogP contribution in [0.5, 0.6) is 0 Å². The zero-order valence-corrected chi connectivity index (χ0v) is 16.7. The molecule has 3 unspecified atom stereocenters. The highest BCUT2D eigenvalue weighted by molar-refractivity contribution is 6.05. The molecule has 0 aromatic heterocycles. The third kappa shape index (κ3) is 3.36. The van der Waals surface area contributed by atoms with Crippen molar-refractivity contribution < 1.29 is 14.4 Å². The number of carbonyl (C=O) groups is 3. The van der Waals surface area contributed by atoms with Gasteiger partial charge in [-0.15, -0.1) is 0 Å². The van der Waals surface area contributed by atoms with E-state index in [-0.39, 0.29) is 24.1 Å². The van der Waals surface area contributed by atoms with Crippen molar-refractivity contribution >= 4 is 17.7 Å². The van der Waals surface area contributed by atoms with Gasteiger partial charge in [0.15, 0.2) is 0 Å². The monoisotopic (exact) mass is 396 g/mol. The van der Waals surface area contributed by atoms with Gasteiger partial charge in [0.25, 0.3) is 5.91 Å². The van der Waals surface area contributed by atoms with Crippen molar-refractivity contribution in [2.24, 2.45) is 0 Å². The molecule has 4 aliphatic rings. The first kappa shape index (κ1) is 18.8. The predicted molar refractivity (Wildman–Crippen MR) is 107 cm³/mol. The van der Waals surface area contributed by atoms with E-state index in [0.717, 1.165) is 36.3 Å². The Kier molecular flexibility index (Phi) is 4.87. The second-order valence-electron chi connectivity index (χ2n) is 8.73. The maximum absolute atomic E-state index is 13.3. The molecule has 7 heteroatoms. The Labute approximate surface area is 170 Å². The summed E-state index contributed by atoms with van der Waals surface area (Å²) >= 11 is 0. The molecule has 4 aliphatic heterocycles. The molecule has 2 N–H and O–H groups in total. The van der Waals surface area contributed by atoms with Crippen LogP contribution in [0.25, 0.3) is 0 Å². The smallest absolute Gasteiger partial charge is 0.255 e. The van der Waals surface area contributed by atoms with Gasteiger partial charge in [0, 0.05) is 37.2 Å². The number of nitrogens with one attached hydrogen (secondary N) is 2. The van der Waals surface area contributed by atoms with Crippen LogP contribution >= 0.6 is 0 Å². The van der Waals surface area contributed by atoms with E-state index in [4.69, 9.17) is 0 Å². The molecule has 0 saturated carbocycles. The molecule has 3 fully saturated rings. The maximum Gasteiger partial charge on any atom is 0.255 e. The minimum atomic E-state index is -0.553. The fraction of sp³-hybridized carbons (Fsp3) is 0.591. The van der Waals surface area contributed by atoms with Gasteiger partial charge in [-0.05, 0) is 56.3 Å². The molecule has 7 nitrogen and oxygen atoms in total. The Morgan fingerprint density at radius 1 is 1.07 bits per heavy atom. The fourth-order valence-corrected chi connectivity index (χ4v) is 5.58. The Balaban J connectivity index is 1.36. The van der Waals surface area contributed by atoms with Crippen molar-refractivity contribution in [3.8, 4) is 0 Å². The molecule has 3 amide bonds. The first-order valence-corrected chi connectivity index (χ1v) is 10.8. The summed E-state index contributed by atoms with van der Waals surface area (Å²) in [6.07, 6.45) is 5.58. The molecule has 3 saturated heterocycles. The number of hydrogen-bond donors (Lipinski definition) is 2. The van der Waals surface area contributed by atoms with E-state index in [0.29, 0.717) is 25.0 Å². The molecule has 0 bridgehead atoms. The Morgan fingerprint density at radius 2 is 1.97 bits per heavy atom. The van der Waals surface area contributed by atoms with Gasteiger partial charge in [-0.3, -0.25) is 24.6 Å². The van der Waals surface area contributed by atoms with Gasteiger partial charge in [-0.25, -0.2) is 0 Å². The number of amides is 3. The van der Waals surface area contributed by atoms with Crippen LogP contribution in [0.15, 0.2) is 18.2 Å². The zero-order valence-electron chi connectivity index (χ0n) is 16.7. The average molecular weight is 396 g/mol. The summed E-state index contributed by atoms with van der Waals surface area (Å²) in [6.45, 7) is 3.40. The van der Waals surface area contributed by atoms with Crippen molar-refractivity contribution in [3.63, 3.8) is 0 Å². The first-order chi connectivity index (χ1) is 14.1. The number of carbonyl (C=O) groups excluding carboxylic acids is 3. The topological polar surface area (TPSA) is 81.8 Å². The van der Waals surface area contributed by atoms with Gasteiger partial charge in [0.2, 0.25) is 11.8 Å². The number of nitrogens with zero attached hydrogens (tertiary/aromatic N) is 2. The maximum atomic E-state index is 13.3. The number of fused-ring (bicyclic) bond motifs is 1. The highest BCUT2D eigenvalue weighted by Gasteiger charge is 2.41.